The summed E-state index contributed by atoms with van der Waals surface area (Å²) in [5.41, 5.74) is 1.22. The van der Waals surface area contributed by atoms with Crippen LogP contribution in [0.2, 0.25) is 0 Å². The molecule has 0 aliphatic carbocycles. The summed E-state index contributed by atoms with van der Waals surface area (Å²) in [7, 11) is 0. The fraction of sp³-hybridized carbons (Fsp3) is 0.625. The molecule has 0 saturated carbocycles. The van der Waals surface area contributed by atoms with E-state index in [1.165, 1.54) is 0 Å². The van der Waals surface area contributed by atoms with Gasteiger partial charge in [0.2, 0.25) is 0 Å². The van der Waals surface area contributed by atoms with E-state index in [-0.39, 0.29) is 11.6 Å². The van der Waals surface area contributed by atoms with Crippen molar-refractivity contribution in [2.45, 2.75) is 25.5 Å². The Morgan fingerprint density at radius 1 is 1.25 bits per heavy atom. The van der Waals surface area contributed by atoms with Crippen molar-refractivity contribution in [2.24, 2.45) is 0 Å². The van der Waals surface area contributed by atoms with Gasteiger partial charge in [0.05, 0.1) is 13.2 Å². The molecule has 4 N–H and O–H groups in total. The molecule has 0 spiro atoms. The second-order valence-electron chi connectivity index (χ2n) is 6.25. The van der Waals surface area contributed by atoms with Crippen molar-refractivity contribution in [3.8, 4) is 0 Å². The average Bonchev–Trinajstić information content (AvgIpc) is 2.49. The Kier molecular flexibility index (Phi) is 5.54. The van der Waals surface area contributed by atoms with E-state index in [9.17, 15) is 5.11 Å². The van der Waals surface area contributed by atoms with Gasteiger partial charge in [0.25, 0.3) is 0 Å². The molecule has 1 aromatic carbocycles. The molecule has 0 aromatic heterocycles. The molecule has 1 aliphatic rings. The third-order valence-corrected chi connectivity index (χ3v) is 4.28. The molecule has 4 heteroatoms. The van der Waals surface area contributed by atoms with Gasteiger partial charge in [-0.2, -0.15) is 0 Å². The maximum atomic E-state index is 10.2. The second-order valence-corrected chi connectivity index (χ2v) is 6.25. The van der Waals surface area contributed by atoms with Crippen LogP contribution in [0.1, 0.15) is 25.5 Å². The molecule has 0 amide bonds. The van der Waals surface area contributed by atoms with Crippen LogP contribution in [-0.4, -0.2) is 50.0 Å². The molecule has 20 heavy (non-hydrogen) atoms. The van der Waals surface area contributed by atoms with Crippen molar-refractivity contribution >= 4 is 0 Å². The van der Waals surface area contributed by atoms with Crippen LogP contribution < -0.4 is 10.2 Å². The van der Waals surface area contributed by atoms with Gasteiger partial charge in [-0.3, -0.25) is 0 Å². The van der Waals surface area contributed by atoms with Gasteiger partial charge in [0, 0.05) is 0 Å². The van der Waals surface area contributed by atoms with Gasteiger partial charge < -0.3 is 20.1 Å². The van der Waals surface area contributed by atoms with Gasteiger partial charge in [-0.25, -0.2) is 0 Å². The van der Waals surface area contributed by atoms with E-state index in [4.69, 9.17) is 4.74 Å². The summed E-state index contributed by atoms with van der Waals surface area (Å²) in [6, 6.07) is 9.89. The molecule has 1 aromatic rings. The van der Waals surface area contributed by atoms with Crippen LogP contribution >= 0.6 is 0 Å². The number of benzene rings is 1. The number of rotatable bonds is 6. The molecule has 1 atom stereocenters. The zero-order valence-electron chi connectivity index (χ0n) is 12.6. The fourth-order valence-corrected chi connectivity index (χ4v) is 2.85. The molecule has 1 fully saturated rings. The van der Waals surface area contributed by atoms with Gasteiger partial charge in [0.15, 0.2) is 0 Å². The lowest BCUT2D eigenvalue weighted by atomic mass is 10.0. The summed E-state index contributed by atoms with van der Waals surface area (Å²) in [6.07, 6.45) is -0.383. The van der Waals surface area contributed by atoms with Crippen molar-refractivity contribution < 1.29 is 20.1 Å². The third-order valence-electron chi connectivity index (χ3n) is 4.28. The van der Waals surface area contributed by atoms with Crippen LogP contribution in [0.25, 0.3) is 0 Å². The van der Waals surface area contributed by atoms with Crippen molar-refractivity contribution in [1.29, 1.82) is 0 Å². The summed E-state index contributed by atoms with van der Waals surface area (Å²) in [4.78, 5) is 1.61. The highest BCUT2D eigenvalue weighted by molar-refractivity contribution is 5.16. The van der Waals surface area contributed by atoms with Crippen LogP contribution in [0.15, 0.2) is 30.3 Å². The summed E-state index contributed by atoms with van der Waals surface area (Å²) in [6.45, 7) is 10.3. The molecule has 0 bridgehead atoms. The van der Waals surface area contributed by atoms with E-state index in [0.717, 1.165) is 45.0 Å². The van der Waals surface area contributed by atoms with Crippen molar-refractivity contribution in [1.82, 2.24) is 0 Å². The van der Waals surface area contributed by atoms with Crippen LogP contribution in [0.3, 0.4) is 0 Å². The van der Waals surface area contributed by atoms with E-state index >= 15 is 0 Å². The molecule has 1 saturated heterocycles. The average molecular weight is 280 g/mol. The molecule has 112 valence electrons. The Labute approximate surface area is 121 Å². The number of morpholine rings is 1. The van der Waals surface area contributed by atoms with E-state index in [2.05, 4.69) is 19.2 Å². The highest BCUT2D eigenvalue weighted by Gasteiger charge is 2.34. The largest absolute Gasteiger partial charge is 0.382 e. The van der Waals surface area contributed by atoms with Gasteiger partial charge in [-0.15, -0.1) is 0 Å². The van der Waals surface area contributed by atoms with Crippen LogP contribution in [-0.2, 0) is 4.74 Å². The minimum absolute atomic E-state index is 0.222. The van der Waals surface area contributed by atoms with E-state index in [1.807, 2.05) is 30.3 Å². The predicted octanol–water partition coefficient (Wildman–Crippen LogP) is -1.02. The normalized spacial score (nSPS) is 18.9. The molecule has 0 radical (unpaired) electrons. The lowest BCUT2D eigenvalue weighted by Crippen LogP contribution is -3.23. The van der Waals surface area contributed by atoms with E-state index in [1.54, 1.807) is 4.90 Å². The topological polar surface area (TPSA) is 50.5 Å². The zero-order valence-corrected chi connectivity index (χ0v) is 12.6. The molecular weight excluding hydrogens is 252 g/mol. The highest BCUT2D eigenvalue weighted by atomic mass is 16.5. The first kappa shape index (κ1) is 15.4. The van der Waals surface area contributed by atoms with Gasteiger partial charge in [-0.1, -0.05) is 30.3 Å². The number of hydrogen-bond acceptors (Lipinski definition) is 2. The summed E-state index contributed by atoms with van der Waals surface area (Å²) in [5.74, 6) is 0. The lowest BCUT2D eigenvalue weighted by molar-refractivity contribution is -0.968. The summed E-state index contributed by atoms with van der Waals surface area (Å²) in [5, 5.41) is 12.4. The Hall–Kier alpha value is -0.940. The Balaban J connectivity index is 1.77. The SMILES string of the molecule is CC(C)(C[NH2+]C[C@H](O)c1ccccc1)[NH+]1CCOCC1. The number of quaternary nitrogens is 2. The Bertz CT molecular complexity index is 389. The minimum atomic E-state index is -0.383. The molecular formula is C16H28N2O2+2. The van der Waals surface area contributed by atoms with Gasteiger partial charge >= 0.3 is 0 Å². The number of ether oxygens (including phenoxy) is 1. The highest BCUT2D eigenvalue weighted by Crippen LogP contribution is 2.09. The first-order chi connectivity index (χ1) is 9.59. The van der Waals surface area contributed by atoms with Crippen LogP contribution in [0.5, 0.6) is 0 Å². The third kappa shape index (κ3) is 4.28. The number of aliphatic hydroxyl groups excluding tert-OH is 1. The predicted molar refractivity (Wildman–Crippen MR) is 78.7 cm³/mol. The summed E-state index contributed by atoms with van der Waals surface area (Å²) >= 11 is 0. The number of hydrogen-bond donors (Lipinski definition) is 3. The smallest absolute Gasteiger partial charge is 0.141 e. The number of nitrogens with two attached hydrogens (primary N) is 1. The Morgan fingerprint density at radius 2 is 1.90 bits per heavy atom. The van der Waals surface area contributed by atoms with Crippen molar-refractivity contribution in [3.05, 3.63) is 35.9 Å². The Morgan fingerprint density at radius 3 is 2.55 bits per heavy atom. The quantitative estimate of drug-likeness (QED) is 0.625. The maximum absolute atomic E-state index is 10.2. The molecule has 0 unspecified atom stereocenters. The van der Waals surface area contributed by atoms with Crippen molar-refractivity contribution in [2.75, 3.05) is 39.4 Å². The summed E-state index contributed by atoms with van der Waals surface area (Å²) < 4.78 is 5.42. The fourth-order valence-electron chi connectivity index (χ4n) is 2.85. The zero-order chi connectivity index (χ0) is 14.4. The van der Waals surface area contributed by atoms with Crippen LogP contribution in [0, 0.1) is 0 Å². The van der Waals surface area contributed by atoms with Crippen LogP contribution in [0.4, 0.5) is 0 Å². The number of aliphatic hydroxyl groups is 1. The number of nitrogens with one attached hydrogen (secondary N) is 1. The first-order valence-electron chi connectivity index (χ1n) is 7.57. The maximum Gasteiger partial charge on any atom is 0.141 e. The molecule has 1 heterocycles. The molecule has 2 rings (SSSR count). The van der Waals surface area contributed by atoms with Gasteiger partial charge in [-0.05, 0) is 19.4 Å². The molecule has 4 nitrogen and oxygen atoms in total. The molecule has 1 aliphatic heterocycles. The van der Waals surface area contributed by atoms with Crippen molar-refractivity contribution in [3.63, 3.8) is 0 Å². The van der Waals surface area contributed by atoms with E-state index in [0.29, 0.717) is 0 Å². The lowest BCUT2D eigenvalue weighted by Gasteiger charge is -2.36. The van der Waals surface area contributed by atoms with E-state index < -0.39 is 0 Å². The minimum Gasteiger partial charge on any atom is -0.382 e. The first-order valence-corrected chi connectivity index (χ1v) is 7.57. The van der Waals surface area contributed by atoms with Gasteiger partial charge in [0.1, 0.15) is 37.8 Å². The second kappa shape index (κ2) is 7.18. The monoisotopic (exact) mass is 280 g/mol. The standard InChI is InChI=1S/C16H26N2O2/c1-16(2,18-8-10-20-11-9-18)13-17-12-15(19)14-6-4-3-5-7-14/h3-7,15,17,19H,8-13H2,1-2H3/p+2/t15-/m0/s1.